The lowest BCUT2D eigenvalue weighted by atomic mass is 9.88. The van der Waals surface area contributed by atoms with Gasteiger partial charge in [-0.25, -0.2) is 0 Å². The predicted molar refractivity (Wildman–Crippen MR) is 84.9 cm³/mol. The predicted octanol–water partition coefficient (Wildman–Crippen LogP) is 2.15. The smallest absolute Gasteiger partial charge is 0.234 e. The Morgan fingerprint density at radius 2 is 1.82 bits per heavy atom. The normalized spacial score (nSPS) is 28.7. The van der Waals surface area contributed by atoms with Crippen molar-refractivity contribution >= 4 is 11.8 Å². The molecule has 0 N–H and O–H groups in total. The summed E-state index contributed by atoms with van der Waals surface area (Å²) < 4.78 is 0. The molecule has 3 unspecified atom stereocenters. The molecule has 0 saturated carbocycles. The second-order valence-corrected chi connectivity index (χ2v) is 6.98. The van der Waals surface area contributed by atoms with E-state index in [1.165, 1.54) is 10.5 Å². The molecule has 1 aromatic rings. The Balaban J connectivity index is 1.84. The van der Waals surface area contributed by atoms with Crippen LogP contribution in [0.5, 0.6) is 0 Å². The van der Waals surface area contributed by atoms with Gasteiger partial charge in [0.2, 0.25) is 11.8 Å². The fourth-order valence-corrected chi connectivity index (χ4v) is 3.92. The highest BCUT2D eigenvalue weighted by Gasteiger charge is 2.55. The second-order valence-electron chi connectivity index (χ2n) is 6.98. The Labute approximate surface area is 132 Å². The van der Waals surface area contributed by atoms with Crippen molar-refractivity contribution in [2.24, 2.45) is 17.8 Å². The molecule has 2 fully saturated rings. The van der Waals surface area contributed by atoms with Crippen molar-refractivity contribution in [2.45, 2.75) is 32.9 Å². The first-order valence-corrected chi connectivity index (χ1v) is 8.08. The summed E-state index contributed by atoms with van der Waals surface area (Å²) in [5.41, 5.74) is 1.24. The minimum atomic E-state index is -0.149. The van der Waals surface area contributed by atoms with E-state index in [4.69, 9.17) is 0 Å². The lowest BCUT2D eigenvalue weighted by molar-refractivity contribution is -0.139. The third-order valence-electron chi connectivity index (χ3n) is 4.95. The van der Waals surface area contributed by atoms with E-state index in [0.717, 1.165) is 13.0 Å². The van der Waals surface area contributed by atoms with Crippen molar-refractivity contribution in [3.05, 3.63) is 35.9 Å². The van der Waals surface area contributed by atoms with Gasteiger partial charge in [0.05, 0.1) is 11.8 Å². The first-order chi connectivity index (χ1) is 10.5. The molecule has 4 heteroatoms. The zero-order valence-corrected chi connectivity index (χ0v) is 13.5. The zero-order chi connectivity index (χ0) is 15.9. The van der Waals surface area contributed by atoms with Gasteiger partial charge in [0.15, 0.2) is 0 Å². The van der Waals surface area contributed by atoms with Gasteiger partial charge in [0, 0.05) is 26.2 Å². The number of fused-ring (bicyclic) bond motifs is 1. The molecule has 4 nitrogen and oxygen atoms in total. The number of imide groups is 1. The van der Waals surface area contributed by atoms with Crippen molar-refractivity contribution < 1.29 is 9.59 Å². The molecule has 2 aliphatic heterocycles. The summed E-state index contributed by atoms with van der Waals surface area (Å²) in [4.78, 5) is 28.4. The van der Waals surface area contributed by atoms with E-state index in [9.17, 15) is 9.59 Å². The average molecular weight is 300 g/mol. The number of benzene rings is 1. The monoisotopic (exact) mass is 300 g/mol. The van der Waals surface area contributed by atoms with Crippen LogP contribution in [0.3, 0.4) is 0 Å². The van der Waals surface area contributed by atoms with Gasteiger partial charge in [-0.1, -0.05) is 44.2 Å². The third kappa shape index (κ3) is 2.56. The van der Waals surface area contributed by atoms with E-state index >= 15 is 0 Å². The molecule has 0 aromatic heterocycles. The largest absolute Gasteiger partial charge is 0.294 e. The molecule has 0 radical (unpaired) electrons. The molecule has 22 heavy (non-hydrogen) atoms. The van der Waals surface area contributed by atoms with Crippen molar-refractivity contribution in [2.75, 3.05) is 13.6 Å². The van der Waals surface area contributed by atoms with Gasteiger partial charge in [-0.05, 0) is 17.9 Å². The minimum absolute atomic E-state index is 0.000632. The summed E-state index contributed by atoms with van der Waals surface area (Å²) in [6.07, 6.45) is 0.959. The molecule has 2 saturated heterocycles. The molecule has 3 rings (SSSR count). The topological polar surface area (TPSA) is 40.6 Å². The molecule has 2 heterocycles. The Morgan fingerprint density at radius 1 is 1.14 bits per heavy atom. The fraction of sp³-hybridized carbons (Fsp3) is 0.556. The number of carbonyl (C=O) groups is 2. The van der Waals surface area contributed by atoms with Gasteiger partial charge in [0.1, 0.15) is 0 Å². The number of hydrogen-bond donors (Lipinski definition) is 0. The molecule has 0 bridgehead atoms. The number of carbonyl (C=O) groups excluding carboxylic acids is 2. The lowest BCUT2D eigenvalue weighted by Crippen LogP contribution is -2.39. The van der Waals surface area contributed by atoms with Crippen LogP contribution < -0.4 is 0 Å². The summed E-state index contributed by atoms with van der Waals surface area (Å²) in [5.74, 6) is 0.222. The Hall–Kier alpha value is -1.68. The molecule has 0 spiro atoms. The van der Waals surface area contributed by atoms with Crippen molar-refractivity contribution in [1.29, 1.82) is 0 Å². The molecule has 0 aliphatic carbocycles. The number of rotatable bonds is 4. The van der Waals surface area contributed by atoms with Crippen LogP contribution in [0, 0.1) is 17.8 Å². The fourth-order valence-electron chi connectivity index (χ4n) is 3.92. The summed E-state index contributed by atoms with van der Waals surface area (Å²) in [6, 6.07) is 10.5. The van der Waals surface area contributed by atoms with E-state index in [-0.39, 0.29) is 29.7 Å². The van der Waals surface area contributed by atoms with Gasteiger partial charge >= 0.3 is 0 Å². The van der Waals surface area contributed by atoms with Crippen molar-refractivity contribution in [3.63, 3.8) is 0 Å². The molecular formula is C18H24N2O2. The highest BCUT2D eigenvalue weighted by Crippen LogP contribution is 2.40. The van der Waals surface area contributed by atoms with Gasteiger partial charge < -0.3 is 0 Å². The summed E-state index contributed by atoms with van der Waals surface area (Å²) >= 11 is 0. The molecule has 3 atom stereocenters. The SMILES string of the molecule is CC(C)CC1C2C(=O)N(C)C(=O)C2CN1Cc1ccccc1. The van der Waals surface area contributed by atoms with Crippen LogP contribution in [0.25, 0.3) is 0 Å². The van der Waals surface area contributed by atoms with Crippen LogP contribution in [0.15, 0.2) is 30.3 Å². The van der Waals surface area contributed by atoms with Crippen LogP contribution in [-0.4, -0.2) is 41.2 Å². The van der Waals surface area contributed by atoms with Gasteiger partial charge in [-0.3, -0.25) is 19.4 Å². The molecular weight excluding hydrogens is 276 g/mol. The Kier molecular flexibility index (Phi) is 4.04. The summed E-state index contributed by atoms with van der Waals surface area (Å²) in [6.45, 7) is 5.87. The van der Waals surface area contributed by atoms with Crippen LogP contribution in [-0.2, 0) is 16.1 Å². The Bertz CT molecular complexity index is 570. The maximum absolute atomic E-state index is 12.5. The highest BCUT2D eigenvalue weighted by atomic mass is 16.2. The number of likely N-dealkylation sites (tertiary alicyclic amines) is 2. The molecule has 2 aliphatic rings. The Morgan fingerprint density at radius 3 is 2.45 bits per heavy atom. The quantitative estimate of drug-likeness (QED) is 0.800. The van der Waals surface area contributed by atoms with Crippen LogP contribution in [0.2, 0.25) is 0 Å². The van der Waals surface area contributed by atoms with Crippen LogP contribution >= 0.6 is 0 Å². The highest BCUT2D eigenvalue weighted by molar-refractivity contribution is 6.05. The standard InChI is InChI=1S/C18H24N2O2/c1-12(2)9-15-16-14(17(21)19(3)18(16)22)11-20(15)10-13-7-5-4-6-8-13/h4-8,12,14-16H,9-11H2,1-3H3. The zero-order valence-electron chi connectivity index (χ0n) is 13.5. The first kappa shape index (κ1) is 15.2. The molecule has 2 amide bonds. The minimum Gasteiger partial charge on any atom is -0.294 e. The first-order valence-electron chi connectivity index (χ1n) is 8.08. The maximum Gasteiger partial charge on any atom is 0.234 e. The van der Waals surface area contributed by atoms with Crippen molar-refractivity contribution in [1.82, 2.24) is 9.80 Å². The van der Waals surface area contributed by atoms with Gasteiger partial charge in [0.25, 0.3) is 0 Å². The van der Waals surface area contributed by atoms with E-state index in [2.05, 4.69) is 30.9 Å². The number of hydrogen-bond acceptors (Lipinski definition) is 3. The second kappa shape index (κ2) is 5.84. The van der Waals surface area contributed by atoms with Gasteiger partial charge in [-0.2, -0.15) is 0 Å². The van der Waals surface area contributed by atoms with Crippen molar-refractivity contribution in [3.8, 4) is 0 Å². The van der Waals surface area contributed by atoms with E-state index in [1.54, 1.807) is 7.05 Å². The third-order valence-corrected chi connectivity index (χ3v) is 4.95. The number of nitrogens with zero attached hydrogens (tertiary/aromatic N) is 2. The summed E-state index contributed by atoms with van der Waals surface area (Å²) in [5, 5.41) is 0. The van der Waals surface area contributed by atoms with Gasteiger partial charge in [-0.15, -0.1) is 0 Å². The number of amides is 2. The van der Waals surface area contributed by atoms with E-state index in [1.807, 2.05) is 18.2 Å². The lowest BCUT2D eigenvalue weighted by Gasteiger charge is -2.29. The molecule has 1 aromatic carbocycles. The van der Waals surface area contributed by atoms with E-state index in [0.29, 0.717) is 12.5 Å². The molecule has 118 valence electrons. The summed E-state index contributed by atoms with van der Waals surface area (Å²) in [7, 11) is 1.62. The van der Waals surface area contributed by atoms with E-state index < -0.39 is 0 Å². The van der Waals surface area contributed by atoms with Crippen LogP contribution in [0.4, 0.5) is 0 Å². The average Bonchev–Trinajstić information content (AvgIpc) is 2.92. The maximum atomic E-state index is 12.5. The van der Waals surface area contributed by atoms with Crippen LogP contribution in [0.1, 0.15) is 25.8 Å².